The number of hydrogen-bond acceptors (Lipinski definition) is 4. The highest BCUT2D eigenvalue weighted by Gasteiger charge is 2.58. The molecule has 1 atom stereocenters. The summed E-state index contributed by atoms with van der Waals surface area (Å²) in [5, 5.41) is 13.6. The molecule has 5 nitrogen and oxygen atoms in total. The number of unbranched alkanes of at least 4 members (excludes halogenated alkanes) is 3. The summed E-state index contributed by atoms with van der Waals surface area (Å²) in [5.74, 6) is 0. The number of anilines is 1. The Labute approximate surface area is 185 Å². The van der Waals surface area contributed by atoms with Gasteiger partial charge in [0, 0.05) is 28.4 Å². The lowest BCUT2D eigenvalue weighted by Gasteiger charge is -2.45. The number of rotatable bonds is 6. The zero-order valence-electron chi connectivity index (χ0n) is 17.7. The largest absolute Gasteiger partial charge is 0.470 e. The van der Waals surface area contributed by atoms with Gasteiger partial charge in [0.15, 0.2) is 0 Å². The number of fused-ring (bicyclic) bond motifs is 2. The minimum Gasteiger partial charge on any atom is -0.470 e. The summed E-state index contributed by atoms with van der Waals surface area (Å²) < 4.78 is 7.54. The SMILES string of the molecule is CCCCCCN1c2cc([N+](=O)[O-])ccc2C(C)(C)C12C=c1cccc(Br)c1=CO2. The number of benzene rings is 2. The molecule has 0 aliphatic carbocycles. The van der Waals surface area contributed by atoms with E-state index in [2.05, 4.69) is 53.7 Å². The Morgan fingerprint density at radius 2 is 1.97 bits per heavy atom. The van der Waals surface area contributed by atoms with Crippen molar-refractivity contribution in [3.63, 3.8) is 0 Å². The Kier molecular flexibility index (Phi) is 5.39. The van der Waals surface area contributed by atoms with Crippen LogP contribution < -0.4 is 15.3 Å². The molecule has 0 fully saturated rings. The Balaban J connectivity index is 1.88. The summed E-state index contributed by atoms with van der Waals surface area (Å²) in [6, 6.07) is 11.3. The first-order chi connectivity index (χ1) is 14.3. The van der Waals surface area contributed by atoms with Crippen LogP contribution in [0.4, 0.5) is 11.4 Å². The van der Waals surface area contributed by atoms with Crippen molar-refractivity contribution in [3.05, 3.63) is 67.0 Å². The second kappa shape index (κ2) is 7.73. The minimum atomic E-state index is -0.732. The van der Waals surface area contributed by atoms with Crippen LogP contribution in [0, 0.1) is 10.1 Å². The Hall–Kier alpha value is -2.34. The van der Waals surface area contributed by atoms with E-state index in [0.717, 1.165) is 52.0 Å². The van der Waals surface area contributed by atoms with Gasteiger partial charge in [-0.2, -0.15) is 0 Å². The second-order valence-corrected chi connectivity index (χ2v) is 9.47. The number of non-ortho nitro benzene ring substituents is 1. The average Bonchev–Trinajstić information content (AvgIpc) is 2.89. The Morgan fingerprint density at radius 3 is 2.70 bits per heavy atom. The molecule has 1 spiro atoms. The number of ether oxygens (including phenoxy) is 1. The lowest BCUT2D eigenvalue weighted by atomic mass is 9.76. The van der Waals surface area contributed by atoms with Crippen LogP contribution in [-0.2, 0) is 10.2 Å². The average molecular weight is 471 g/mol. The highest BCUT2D eigenvalue weighted by molar-refractivity contribution is 9.10. The van der Waals surface area contributed by atoms with Crippen molar-refractivity contribution in [2.75, 3.05) is 11.4 Å². The first kappa shape index (κ1) is 20.9. The molecule has 0 radical (unpaired) electrons. The van der Waals surface area contributed by atoms with Gasteiger partial charge in [-0.05, 0) is 49.3 Å². The van der Waals surface area contributed by atoms with Crippen molar-refractivity contribution < 1.29 is 9.66 Å². The maximum absolute atomic E-state index is 11.5. The number of nitro benzene ring substituents is 1. The molecule has 2 heterocycles. The van der Waals surface area contributed by atoms with E-state index < -0.39 is 11.1 Å². The van der Waals surface area contributed by atoms with Crippen molar-refractivity contribution in [2.45, 2.75) is 57.6 Å². The summed E-state index contributed by atoms with van der Waals surface area (Å²) in [7, 11) is 0. The van der Waals surface area contributed by atoms with E-state index in [1.807, 2.05) is 24.5 Å². The summed E-state index contributed by atoms with van der Waals surface area (Å²) in [6.45, 7) is 7.31. The van der Waals surface area contributed by atoms with Gasteiger partial charge in [-0.15, -0.1) is 0 Å². The molecule has 0 amide bonds. The molecule has 2 aliphatic rings. The fourth-order valence-electron chi connectivity index (χ4n) is 4.74. The van der Waals surface area contributed by atoms with Gasteiger partial charge in [-0.3, -0.25) is 10.1 Å². The fraction of sp³-hybridized carbons (Fsp3) is 0.417. The van der Waals surface area contributed by atoms with E-state index in [0.29, 0.717) is 0 Å². The van der Waals surface area contributed by atoms with Gasteiger partial charge in [0.25, 0.3) is 5.69 Å². The van der Waals surface area contributed by atoms with E-state index in [-0.39, 0.29) is 10.6 Å². The summed E-state index contributed by atoms with van der Waals surface area (Å²) in [5.41, 5.74) is 0.965. The smallest absolute Gasteiger partial charge is 0.271 e. The van der Waals surface area contributed by atoms with Crippen LogP contribution in [0.3, 0.4) is 0 Å². The molecule has 1 unspecified atom stereocenters. The van der Waals surface area contributed by atoms with Crippen LogP contribution in [0.5, 0.6) is 0 Å². The molecule has 4 rings (SSSR count). The first-order valence-corrected chi connectivity index (χ1v) is 11.3. The van der Waals surface area contributed by atoms with E-state index in [1.54, 1.807) is 12.1 Å². The van der Waals surface area contributed by atoms with Crippen LogP contribution >= 0.6 is 15.9 Å². The molecule has 2 aromatic rings. The highest BCUT2D eigenvalue weighted by atomic mass is 79.9. The zero-order valence-corrected chi connectivity index (χ0v) is 19.2. The number of nitrogens with zero attached hydrogens (tertiary/aromatic N) is 2. The third kappa shape index (κ3) is 3.13. The van der Waals surface area contributed by atoms with Crippen LogP contribution in [0.2, 0.25) is 0 Å². The molecular formula is C24H27BrN2O3. The predicted molar refractivity (Wildman–Crippen MR) is 124 cm³/mol. The van der Waals surface area contributed by atoms with Crippen molar-refractivity contribution in [1.82, 2.24) is 0 Å². The van der Waals surface area contributed by atoms with Crippen molar-refractivity contribution in [2.24, 2.45) is 0 Å². The number of halogens is 1. The van der Waals surface area contributed by atoms with Crippen molar-refractivity contribution in [3.8, 4) is 0 Å². The molecule has 2 aliphatic heterocycles. The lowest BCUT2D eigenvalue weighted by molar-refractivity contribution is -0.384. The van der Waals surface area contributed by atoms with E-state index in [4.69, 9.17) is 4.74 Å². The Morgan fingerprint density at radius 1 is 1.17 bits per heavy atom. The second-order valence-electron chi connectivity index (χ2n) is 8.62. The van der Waals surface area contributed by atoms with Gasteiger partial charge in [-0.1, -0.05) is 54.2 Å². The van der Waals surface area contributed by atoms with E-state index in [1.165, 1.54) is 6.42 Å². The molecule has 158 valence electrons. The van der Waals surface area contributed by atoms with Gasteiger partial charge < -0.3 is 9.64 Å². The molecular weight excluding hydrogens is 444 g/mol. The monoisotopic (exact) mass is 470 g/mol. The van der Waals surface area contributed by atoms with Gasteiger partial charge in [0.1, 0.15) is 0 Å². The first-order valence-electron chi connectivity index (χ1n) is 10.5. The zero-order chi connectivity index (χ0) is 21.5. The van der Waals surface area contributed by atoms with Gasteiger partial charge in [-0.25, -0.2) is 0 Å². The molecule has 0 saturated heterocycles. The van der Waals surface area contributed by atoms with E-state index >= 15 is 0 Å². The molecule has 2 aromatic carbocycles. The minimum absolute atomic E-state index is 0.114. The quantitative estimate of drug-likeness (QED) is 0.339. The summed E-state index contributed by atoms with van der Waals surface area (Å²) >= 11 is 3.62. The van der Waals surface area contributed by atoms with Crippen LogP contribution in [0.25, 0.3) is 12.3 Å². The third-order valence-corrected chi connectivity index (χ3v) is 7.17. The summed E-state index contributed by atoms with van der Waals surface area (Å²) in [6.07, 6.45) is 8.50. The predicted octanol–water partition coefficient (Wildman–Crippen LogP) is 4.98. The topological polar surface area (TPSA) is 55.6 Å². The van der Waals surface area contributed by atoms with Gasteiger partial charge in [0.2, 0.25) is 5.72 Å². The number of hydrogen-bond donors (Lipinski definition) is 0. The van der Waals surface area contributed by atoms with Gasteiger partial charge >= 0.3 is 0 Å². The van der Waals surface area contributed by atoms with Crippen LogP contribution in [0.1, 0.15) is 52.0 Å². The van der Waals surface area contributed by atoms with Crippen molar-refractivity contribution in [1.29, 1.82) is 0 Å². The standard InChI is InChI=1S/C24H27BrN2O3/c1-4-5-6-7-13-26-22-14-18(27(28)29)11-12-20(22)23(2,3)24(26)15-17-9-8-10-21(25)19(17)16-30-24/h8-12,14-16H,4-7,13H2,1-3H3. The maximum Gasteiger partial charge on any atom is 0.271 e. The van der Waals surface area contributed by atoms with Gasteiger partial charge in [0.05, 0.1) is 22.3 Å². The van der Waals surface area contributed by atoms with Crippen LogP contribution in [-0.4, -0.2) is 17.2 Å². The molecule has 0 saturated carbocycles. The lowest BCUT2D eigenvalue weighted by Crippen LogP contribution is -2.59. The normalized spacial score (nSPS) is 20.7. The molecule has 0 N–H and O–H groups in total. The van der Waals surface area contributed by atoms with Crippen molar-refractivity contribution >= 4 is 39.6 Å². The highest BCUT2D eigenvalue weighted by Crippen LogP contribution is 2.54. The molecule has 6 heteroatoms. The van der Waals surface area contributed by atoms with Crippen LogP contribution in [0.15, 0.2) is 40.9 Å². The fourth-order valence-corrected chi connectivity index (χ4v) is 5.22. The molecule has 0 bridgehead atoms. The Bertz CT molecular complexity index is 1110. The van der Waals surface area contributed by atoms with E-state index in [9.17, 15) is 10.1 Å². The number of nitro groups is 1. The summed E-state index contributed by atoms with van der Waals surface area (Å²) in [4.78, 5) is 13.4. The molecule has 30 heavy (non-hydrogen) atoms. The molecule has 0 aromatic heterocycles. The third-order valence-electron chi connectivity index (χ3n) is 6.48. The maximum atomic E-state index is 11.5.